The first-order valence-corrected chi connectivity index (χ1v) is 5.82. The molecule has 0 radical (unpaired) electrons. The lowest BCUT2D eigenvalue weighted by molar-refractivity contribution is 0.368. The summed E-state index contributed by atoms with van der Waals surface area (Å²) in [6.45, 7) is 0.714. The van der Waals surface area contributed by atoms with Crippen LogP contribution in [-0.2, 0) is 6.54 Å². The van der Waals surface area contributed by atoms with E-state index in [0.717, 1.165) is 11.4 Å². The van der Waals surface area contributed by atoms with E-state index in [-0.39, 0.29) is 6.61 Å². The lowest BCUT2D eigenvalue weighted by atomic mass is 10.3. The van der Waals surface area contributed by atoms with Gasteiger partial charge in [0.1, 0.15) is 11.8 Å². The average molecular weight is 246 g/mol. The molecule has 2 rings (SSSR count). The zero-order chi connectivity index (χ0) is 11.9. The van der Waals surface area contributed by atoms with Gasteiger partial charge in [-0.2, -0.15) is 5.26 Å². The number of hydrogen-bond donors (Lipinski definition) is 1. The Morgan fingerprint density at radius 3 is 2.82 bits per heavy atom. The van der Waals surface area contributed by atoms with E-state index in [2.05, 4.69) is 14.9 Å². The van der Waals surface area contributed by atoms with Crippen LogP contribution in [0.3, 0.4) is 0 Å². The fraction of sp³-hybridized carbons (Fsp3) is 0.182. The van der Waals surface area contributed by atoms with Gasteiger partial charge in [-0.05, 0) is 35.8 Å². The lowest BCUT2D eigenvalue weighted by Gasteiger charge is -2.05. The van der Waals surface area contributed by atoms with Crippen LogP contribution in [0.15, 0.2) is 29.6 Å². The second-order valence-corrected chi connectivity index (χ2v) is 3.83. The van der Waals surface area contributed by atoms with Crippen LogP contribution in [0.4, 0.5) is 5.69 Å². The van der Waals surface area contributed by atoms with Crippen molar-refractivity contribution in [1.29, 1.82) is 5.26 Å². The number of aromatic nitrogens is 2. The summed E-state index contributed by atoms with van der Waals surface area (Å²) in [5.74, 6) is 0.687. The molecule has 17 heavy (non-hydrogen) atoms. The molecule has 0 saturated carbocycles. The Balaban J connectivity index is 1.88. The van der Waals surface area contributed by atoms with Gasteiger partial charge in [-0.3, -0.25) is 0 Å². The summed E-state index contributed by atoms with van der Waals surface area (Å²) in [7, 11) is 0. The SMILES string of the molecule is N#CCOc1ccc(NCc2csnn2)cc1. The third-order valence-electron chi connectivity index (χ3n) is 2.04. The van der Waals surface area contributed by atoms with E-state index in [0.29, 0.717) is 12.3 Å². The lowest BCUT2D eigenvalue weighted by Crippen LogP contribution is -2.00. The Morgan fingerprint density at radius 2 is 2.18 bits per heavy atom. The number of ether oxygens (including phenoxy) is 1. The molecule has 1 heterocycles. The predicted molar refractivity (Wildman–Crippen MR) is 64.8 cm³/mol. The second-order valence-electron chi connectivity index (χ2n) is 3.22. The summed E-state index contributed by atoms with van der Waals surface area (Å²) in [5.41, 5.74) is 1.89. The summed E-state index contributed by atoms with van der Waals surface area (Å²) in [6, 6.07) is 9.35. The number of nitrogens with zero attached hydrogens (tertiary/aromatic N) is 3. The molecule has 0 spiro atoms. The molecule has 6 heteroatoms. The van der Waals surface area contributed by atoms with Crippen molar-refractivity contribution in [2.45, 2.75) is 6.54 Å². The molecule has 2 aromatic rings. The van der Waals surface area contributed by atoms with Gasteiger partial charge in [-0.15, -0.1) is 5.10 Å². The molecule has 0 aliphatic heterocycles. The number of hydrogen-bond acceptors (Lipinski definition) is 6. The first-order chi connectivity index (χ1) is 8.38. The van der Waals surface area contributed by atoms with Crippen LogP contribution < -0.4 is 10.1 Å². The van der Waals surface area contributed by atoms with Gasteiger partial charge >= 0.3 is 0 Å². The monoisotopic (exact) mass is 246 g/mol. The van der Waals surface area contributed by atoms with Crippen molar-refractivity contribution in [2.24, 2.45) is 0 Å². The Labute approximate surface area is 103 Å². The molecule has 0 aliphatic carbocycles. The molecule has 0 amide bonds. The number of anilines is 1. The van der Waals surface area contributed by atoms with Gasteiger partial charge in [0.05, 0.1) is 12.2 Å². The Kier molecular flexibility index (Phi) is 3.89. The smallest absolute Gasteiger partial charge is 0.174 e. The molecule has 1 N–H and O–H groups in total. The minimum absolute atomic E-state index is 0.0667. The normalized spacial score (nSPS) is 9.59. The first-order valence-electron chi connectivity index (χ1n) is 4.98. The molecule has 0 atom stereocenters. The Morgan fingerprint density at radius 1 is 1.35 bits per heavy atom. The van der Waals surface area contributed by atoms with E-state index in [1.807, 2.05) is 35.7 Å². The van der Waals surface area contributed by atoms with E-state index in [4.69, 9.17) is 10.00 Å². The van der Waals surface area contributed by atoms with Gasteiger partial charge in [0.15, 0.2) is 6.61 Å². The first kappa shape index (κ1) is 11.4. The molecule has 1 aromatic carbocycles. The van der Waals surface area contributed by atoms with E-state index in [1.54, 1.807) is 0 Å². The summed E-state index contributed by atoms with van der Waals surface area (Å²) in [4.78, 5) is 0. The fourth-order valence-electron chi connectivity index (χ4n) is 1.24. The molecule has 0 aliphatic rings. The third-order valence-corrected chi connectivity index (χ3v) is 2.59. The van der Waals surface area contributed by atoms with Crippen LogP contribution >= 0.6 is 11.5 Å². The van der Waals surface area contributed by atoms with Crippen molar-refractivity contribution in [3.63, 3.8) is 0 Å². The average Bonchev–Trinajstić information content (AvgIpc) is 2.88. The molecule has 1 aromatic heterocycles. The highest BCUT2D eigenvalue weighted by Gasteiger charge is 1.97. The van der Waals surface area contributed by atoms with Crippen molar-refractivity contribution in [3.05, 3.63) is 35.3 Å². The summed E-state index contributed by atoms with van der Waals surface area (Å²) in [6.07, 6.45) is 0. The van der Waals surface area contributed by atoms with Gasteiger partial charge in [0.2, 0.25) is 0 Å². The van der Waals surface area contributed by atoms with Crippen molar-refractivity contribution in [1.82, 2.24) is 9.59 Å². The maximum absolute atomic E-state index is 8.37. The molecular formula is C11H10N4OS. The predicted octanol–water partition coefficient (Wildman–Crippen LogP) is 2.05. The summed E-state index contributed by atoms with van der Waals surface area (Å²) in [5, 5.41) is 17.4. The van der Waals surface area contributed by atoms with Crippen molar-refractivity contribution in [3.8, 4) is 11.8 Å². The van der Waals surface area contributed by atoms with Gasteiger partial charge in [0.25, 0.3) is 0 Å². The van der Waals surface area contributed by atoms with Crippen molar-refractivity contribution >= 4 is 17.2 Å². The van der Waals surface area contributed by atoms with Crippen molar-refractivity contribution < 1.29 is 4.74 Å². The second kappa shape index (κ2) is 5.82. The van der Waals surface area contributed by atoms with E-state index >= 15 is 0 Å². The fourth-order valence-corrected chi connectivity index (χ4v) is 1.69. The van der Waals surface area contributed by atoms with Gasteiger partial charge in [0, 0.05) is 11.1 Å². The van der Waals surface area contributed by atoms with E-state index in [1.165, 1.54) is 11.5 Å². The quantitative estimate of drug-likeness (QED) is 0.874. The molecule has 0 bridgehead atoms. The van der Waals surface area contributed by atoms with Crippen LogP contribution in [0.2, 0.25) is 0 Å². The van der Waals surface area contributed by atoms with Gasteiger partial charge in [-0.25, -0.2) is 0 Å². The maximum atomic E-state index is 8.37. The number of benzene rings is 1. The largest absolute Gasteiger partial charge is 0.479 e. The van der Waals surface area contributed by atoms with E-state index in [9.17, 15) is 0 Å². The highest BCUT2D eigenvalue weighted by atomic mass is 32.1. The minimum atomic E-state index is 0.0667. The van der Waals surface area contributed by atoms with Crippen LogP contribution in [0, 0.1) is 11.3 Å². The van der Waals surface area contributed by atoms with Crippen molar-refractivity contribution in [2.75, 3.05) is 11.9 Å². The standard InChI is InChI=1S/C11H10N4OS/c12-5-6-16-11-3-1-9(2-4-11)13-7-10-8-17-15-14-10/h1-4,8,13H,6-7H2. The minimum Gasteiger partial charge on any atom is -0.479 e. The van der Waals surface area contributed by atoms with Crippen LogP contribution in [0.5, 0.6) is 5.75 Å². The van der Waals surface area contributed by atoms with Crippen LogP contribution in [0.1, 0.15) is 5.69 Å². The highest BCUT2D eigenvalue weighted by molar-refractivity contribution is 7.03. The zero-order valence-corrected chi connectivity index (χ0v) is 9.78. The molecule has 0 fully saturated rings. The van der Waals surface area contributed by atoms with Crippen LogP contribution in [0.25, 0.3) is 0 Å². The number of rotatable bonds is 5. The summed E-state index contributed by atoms with van der Waals surface area (Å²) < 4.78 is 8.93. The molecule has 0 unspecified atom stereocenters. The topological polar surface area (TPSA) is 70.8 Å². The van der Waals surface area contributed by atoms with Gasteiger partial charge < -0.3 is 10.1 Å². The molecule has 5 nitrogen and oxygen atoms in total. The number of nitriles is 1. The van der Waals surface area contributed by atoms with E-state index < -0.39 is 0 Å². The maximum Gasteiger partial charge on any atom is 0.174 e. The van der Waals surface area contributed by atoms with Gasteiger partial charge in [-0.1, -0.05) is 4.49 Å². The van der Waals surface area contributed by atoms with Crippen LogP contribution in [-0.4, -0.2) is 16.2 Å². The molecule has 0 saturated heterocycles. The highest BCUT2D eigenvalue weighted by Crippen LogP contribution is 2.16. The Bertz CT molecular complexity index is 489. The summed E-state index contributed by atoms with van der Waals surface area (Å²) >= 11 is 1.33. The molecular weight excluding hydrogens is 236 g/mol. The molecule has 86 valence electrons. The zero-order valence-electron chi connectivity index (χ0n) is 8.96. The Hall–Kier alpha value is -2.13. The third kappa shape index (κ3) is 3.43. The number of nitrogens with one attached hydrogen (secondary N) is 1.